The fourth-order valence-corrected chi connectivity index (χ4v) is 3.19. The van der Waals surface area contributed by atoms with E-state index in [9.17, 15) is 9.59 Å². The van der Waals surface area contributed by atoms with E-state index in [4.69, 9.17) is 14.2 Å². The lowest BCUT2D eigenvalue weighted by Crippen LogP contribution is -2.47. The molecule has 0 bridgehead atoms. The topological polar surface area (TPSA) is 98.2 Å². The maximum absolute atomic E-state index is 12.7. The molecule has 0 aliphatic heterocycles. The van der Waals surface area contributed by atoms with E-state index in [1.807, 2.05) is 45.9 Å². The number of ether oxygens (including phenoxy) is 3. The number of benzene rings is 2. The smallest absolute Gasteiger partial charge is 0.262 e. The molecule has 35 heavy (non-hydrogen) atoms. The highest BCUT2D eigenvalue weighted by Crippen LogP contribution is 2.28. The molecule has 0 spiro atoms. The molecule has 1 atom stereocenters. The number of rotatable bonds is 14. The number of nitrogens with one attached hydrogen (secondary N) is 2. The normalized spacial score (nSPS) is 11.7. The second-order valence-electron chi connectivity index (χ2n) is 8.28. The molecule has 188 valence electrons. The minimum absolute atomic E-state index is 0.184. The van der Waals surface area contributed by atoms with Crippen LogP contribution >= 0.6 is 0 Å². The summed E-state index contributed by atoms with van der Waals surface area (Å²) in [4.78, 5) is 25.2. The zero-order valence-electron chi connectivity index (χ0n) is 20.9. The predicted octanol–water partition coefficient (Wildman–Crippen LogP) is 4.02. The van der Waals surface area contributed by atoms with Gasteiger partial charge >= 0.3 is 0 Å². The third kappa shape index (κ3) is 9.52. The van der Waals surface area contributed by atoms with E-state index in [1.54, 1.807) is 30.3 Å². The first-order valence-electron chi connectivity index (χ1n) is 11.6. The molecular formula is C27H35N3O5. The summed E-state index contributed by atoms with van der Waals surface area (Å²) in [5.74, 6) is 1.20. The van der Waals surface area contributed by atoms with Gasteiger partial charge < -0.3 is 19.5 Å². The number of hydrazone groups is 1. The van der Waals surface area contributed by atoms with E-state index in [1.165, 1.54) is 6.21 Å². The number of aryl methyl sites for hydroxylation is 1. The highest BCUT2D eigenvalue weighted by atomic mass is 16.5. The summed E-state index contributed by atoms with van der Waals surface area (Å²) in [6.45, 7) is 12.0. The van der Waals surface area contributed by atoms with E-state index >= 15 is 0 Å². The van der Waals surface area contributed by atoms with Crippen molar-refractivity contribution in [1.29, 1.82) is 0 Å². The van der Waals surface area contributed by atoms with Crippen LogP contribution in [0.4, 0.5) is 0 Å². The van der Waals surface area contributed by atoms with Crippen molar-refractivity contribution in [3.63, 3.8) is 0 Å². The quantitative estimate of drug-likeness (QED) is 0.241. The minimum atomic E-state index is -0.742. The number of carbonyl (C=O) groups excluding carboxylic acids is 2. The van der Waals surface area contributed by atoms with Crippen LogP contribution in [0.25, 0.3) is 0 Å². The van der Waals surface area contributed by atoms with Gasteiger partial charge in [-0.3, -0.25) is 9.59 Å². The standard InChI is InChI=1S/C27H35N3O5/c1-6-14-34-24-13-12-21(16-25(24)33-7-2)17-28-30-27(32)22(15-19(3)4)29-26(31)18-35-23-11-9-8-10-20(23)5/h6,8-13,16-17,19,22H,1,7,14-15,18H2,2-5H3,(H,29,31)(H,30,32)/b28-17-/t22-/m0/s1. The van der Waals surface area contributed by atoms with Crippen molar-refractivity contribution in [2.45, 2.75) is 40.2 Å². The van der Waals surface area contributed by atoms with Crippen molar-refractivity contribution >= 4 is 18.0 Å². The van der Waals surface area contributed by atoms with Crippen LogP contribution in [0.1, 0.15) is 38.3 Å². The molecule has 2 N–H and O–H groups in total. The molecule has 0 saturated carbocycles. The predicted molar refractivity (Wildman–Crippen MR) is 137 cm³/mol. The number of hydrogen-bond acceptors (Lipinski definition) is 6. The molecular weight excluding hydrogens is 446 g/mol. The summed E-state index contributed by atoms with van der Waals surface area (Å²) in [5.41, 5.74) is 4.16. The van der Waals surface area contributed by atoms with E-state index in [-0.39, 0.29) is 18.4 Å². The van der Waals surface area contributed by atoms with E-state index in [0.29, 0.717) is 36.9 Å². The van der Waals surface area contributed by atoms with Gasteiger partial charge in [-0.2, -0.15) is 5.10 Å². The Morgan fingerprint density at radius 1 is 1.06 bits per heavy atom. The first-order valence-corrected chi connectivity index (χ1v) is 11.6. The molecule has 0 heterocycles. The molecule has 0 unspecified atom stereocenters. The van der Waals surface area contributed by atoms with Crippen LogP contribution in [-0.2, 0) is 9.59 Å². The minimum Gasteiger partial charge on any atom is -0.490 e. The molecule has 0 aromatic heterocycles. The van der Waals surface area contributed by atoms with Gasteiger partial charge in [0.15, 0.2) is 18.1 Å². The van der Waals surface area contributed by atoms with Crippen molar-refractivity contribution in [2.75, 3.05) is 19.8 Å². The van der Waals surface area contributed by atoms with Crippen molar-refractivity contribution < 1.29 is 23.8 Å². The highest BCUT2D eigenvalue weighted by Gasteiger charge is 2.22. The van der Waals surface area contributed by atoms with Crippen LogP contribution in [0.5, 0.6) is 17.2 Å². The van der Waals surface area contributed by atoms with E-state index < -0.39 is 11.9 Å². The van der Waals surface area contributed by atoms with Crippen molar-refractivity contribution in [3.8, 4) is 17.2 Å². The monoisotopic (exact) mass is 481 g/mol. The van der Waals surface area contributed by atoms with Crippen molar-refractivity contribution in [3.05, 3.63) is 66.2 Å². The van der Waals surface area contributed by atoms with Gasteiger partial charge in [0, 0.05) is 0 Å². The number of carbonyl (C=O) groups is 2. The van der Waals surface area contributed by atoms with Gasteiger partial charge in [-0.05, 0) is 61.6 Å². The van der Waals surface area contributed by atoms with Crippen molar-refractivity contribution in [1.82, 2.24) is 10.7 Å². The Balaban J connectivity index is 1.98. The molecule has 2 rings (SSSR count). The van der Waals surface area contributed by atoms with Gasteiger partial charge in [-0.15, -0.1) is 0 Å². The van der Waals surface area contributed by atoms with Crippen LogP contribution in [0.15, 0.2) is 60.2 Å². The lowest BCUT2D eigenvalue weighted by Gasteiger charge is -2.19. The van der Waals surface area contributed by atoms with Crippen molar-refractivity contribution in [2.24, 2.45) is 11.0 Å². The molecule has 8 heteroatoms. The molecule has 0 aliphatic carbocycles. The Bertz CT molecular complexity index is 1020. The molecule has 8 nitrogen and oxygen atoms in total. The third-order valence-corrected chi connectivity index (χ3v) is 4.82. The zero-order chi connectivity index (χ0) is 25.6. The fourth-order valence-electron chi connectivity index (χ4n) is 3.19. The molecule has 2 amide bonds. The van der Waals surface area contributed by atoms with Gasteiger partial charge in [0.05, 0.1) is 12.8 Å². The largest absolute Gasteiger partial charge is 0.490 e. The van der Waals surface area contributed by atoms with Crippen LogP contribution in [0.2, 0.25) is 0 Å². The number of hydrogen-bond donors (Lipinski definition) is 2. The maximum atomic E-state index is 12.7. The molecule has 0 saturated heterocycles. The lowest BCUT2D eigenvalue weighted by atomic mass is 10.0. The molecule has 2 aromatic carbocycles. The second-order valence-corrected chi connectivity index (χ2v) is 8.28. The van der Waals surface area contributed by atoms with Gasteiger partial charge in [-0.25, -0.2) is 5.43 Å². The zero-order valence-corrected chi connectivity index (χ0v) is 20.9. The van der Waals surface area contributed by atoms with Gasteiger partial charge in [0.2, 0.25) is 0 Å². The Hall–Kier alpha value is -3.81. The number of para-hydroxylation sites is 1. The van der Waals surface area contributed by atoms with Gasteiger partial charge in [0.1, 0.15) is 18.4 Å². The number of nitrogens with zero attached hydrogens (tertiary/aromatic N) is 1. The Kier molecular flexibility index (Phi) is 11.3. The first kappa shape index (κ1) is 27.4. The van der Waals surface area contributed by atoms with Crippen LogP contribution in [-0.4, -0.2) is 43.9 Å². The number of amides is 2. The summed E-state index contributed by atoms with van der Waals surface area (Å²) < 4.78 is 16.8. The lowest BCUT2D eigenvalue weighted by molar-refractivity contribution is -0.130. The van der Waals surface area contributed by atoms with Crippen LogP contribution in [0.3, 0.4) is 0 Å². The van der Waals surface area contributed by atoms with Gasteiger partial charge in [-0.1, -0.05) is 44.7 Å². The average Bonchev–Trinajstić information content (AvgIpc) is 2.82. The summed E-state index contributed by atoms with van der Waals surface area (Å²) in [6.07, 6.45) is 3.62. The van der Waals surface area contributed by atoms with Gasteiger partial charge in [0.25, 0.3) is 11.8 Å². The Labute approximate surface area is 207 Å². The highest BCUT2D eigenvalue weighted by molar-refractivity contribution is 5.89. The Morgan fingerprint density at radius 3 is 2.51 bits per heavy atom. The maximum Gasteiger partial charge on any atom is 0.262 e. The molecule has 0 fully saturated rings. The molecule has 0 aliphatic rings. The first-order chi connectivity index (χ1) is 16.8. The molecule has 2 aromatic rings. The van der Waals surface area contributed by atoms with Crippen LogP contribution in [0, 0.1) is 12.8 Å². The SMILES string of the molecule is C=CCOc1ccc(/C=N\NC(=O)[C@H](CC(C)C)NC(=O)COc2ccccc2C)cc1OCC. The summed E-state index contributed by atoms with van der Waals surface area (Å²) in [7, 11) is 0. The van der Waals surface area contributed by atoms with Crippen LogP contribution < -0.4 is 25.0 Å². The van der Waals surface area contributed by atoms with E-state index in [0.717, 1.165) is 11.1 Å². The Morgan fingerprint density at radius 2 is 1.83 bits per heavy atom. The molecule has 0 radical (unpaired) electrons. The third-order valence-electron chi connectivity index (χ3n) is 4.82. The van der Waals surface area contributed by atoms with E-state index in [2.05, 4.69) is 22.4 Å². The second kappa shape index (κ2) is 14.5. The summed E-state index contributed by atoms with van der Waals surface area (Å²) in [6, 6.07) is 12.0. The summed E-state index contributed by atoms with van der Waals surface area (Å²) >= 11 is 0. The summed E-state index contributed by atoms with van der Waals surface area (Å²) in [5, 5.41) is 6.80. The average molecular weight is 482 g/mol. The fraction of sp³-hybridized carbons (Fsp3) is 0.370.